The number of carbonyl (C=O) groups is 1. The van der Waals surface area contributed by atoms with Crippen molar-refractivity contribution in [1.82, 2.24) is 10.3 Å². The van der Waals surface area contributed by atoms with Gasteiger partial charge in [-0.15, -0.1) is 0 Å². The third-order valence-electron chi connectivity index (χ3n) is 4.49. The highest BCUT2D eigenvalue weighted by atomic mass is 127. The van der Waals surface area contributed by atoms with E-state index in [1.54, 1.807) is 18.3 Å². The first-order valence-electron chi connectivity index (χ1n) is 8.32. The summed E-state index contributed by atoms with van der Waals surface area (Å²) in [6.45, 7) is 2.40. The first-order valence-corrected chi connectivity index (χ1v) is 9.39. The van der Waals surface area contributed by atoms with E-state index in [0.717, 1.165) is 40.9 Å². The second-order valence-electron chi connectivity index (χ2n) is 6.11. The van der Waals surface area contributed by atoms with Gasteiger partial charge in [0.1, 0.15) is 11.9 Å². The highest BCUT2D eigenvalue weighted by Gasteiger charge is 2.22. The number of nitrogens with one attached hydrogen (secondary N) is 1. The highest BCUT2D eigenvalue weighted by Crippen LogP contribution is 2.24. The first kappa shape index (κ1) is 17.7. The van der Waals surface area contributed by atoms with E-state index in [-0.39, 0.29) is 5.91 Å². The number of hydrogen-bond donors (Lipinski definition) is 1. The van der Waals surface area contributed by atoms with Crippen molar-refractivity contribution >= 4 is 34.3 Å². The molecule has 0 unspecified atom stereocenters. The van der Waals surface area contributed by atoms with Gasteiger partial charge < -0.3 is 10.2 Å². The number of amides is 1. The number of anilines is 1. The topological polar surface area (TPSA) is 69.0 Å². The molecule has 1 saturated heterocycles. The molecule has 0 aliphatic carbocycles. The summed E-state index contributed by atoms with van der Waals surface area (Å²) in [7, 11) is 0. The predicted octanol–water partition coefficient (Wildman–Crippen LogP) is 3.20. The summed E-state index contributed by atoms with van der Waals surface area (Å²) in [6.07, 6.45) is 3.69. The molecule has 0 bridgehead atoms. The second kappa shape index (κ2) is 8.30. The fourth-order valence-corrected chi connectivity index (χ4v) is 3.70. The summed E-state index contributed by atoms with van der Waals surface area (Å²) in [4.78, 5) is 18.8. The number of rotatable bonds is 4. The number of piperidine rings is 1. The van der Waals surface area contributed by atoms with Gasteiger partial charge in [-0.25, -0.2) is 4.98 Å². The van der Waals surface area contributed by atoms with Gasteiger partial charge in [-0.05, 0) is 65.6 Å². The molecule has 25 heavy (non-hydrogen) atoms. The highest BCUT2D eigenvalue weighted by molar-refractivity contribution is 14.1. The minimum atomic E-state index is -0.0103. The van der Waals surface area contributed by atoms with Crippen molar-refractivity contribution in [2.45, 2.75) is 12.8 Å². The minimum absolute atomic E-state index is 0.0103. The van der Waals surface area contributed by atoms with E-state index in [9.17, 15) is 10.1 Å². The number of nitrogens with zero attached hydrogens (tertiary/aromatic N) is 3. The number of hydrogen-bond acceptors (Lipinski definition) is 4. The van der Waals surface area contributed by atoms with Crippen LogP contribution in [0, 0.1) is 20.8 Å². The molecule has 1 aromatic carbocycles. The van der Waals surface area contributed by atoms with Crippen molar-refractivity contribution in [2.24, 2.45) is 5.92 Å². The van der Waals surface area contributed by atoms with Gasteiger partial charge in [-0.3, -0.25) is 4.79 Å². The molecule has 1 aliphatic heterocycles. The summed E-state index contributed by atoms with van der Waals surface area (Å²) < 4.78 is 0.964. The molecule has 1 amide bonds. The van der Waals surface area contributed by atoms with Crippen molar-refractivity contribution in [3.05, 3.63) is 57.3 Å². The summed E-state index contributed by atoms with van der Waals surface area (Å²) in [6, 6.07) is 13.4. The normalized spacial score (nSPS) is 14.8. The molecule has 0 radical (unpaired) electrons. The molecule has 6 heteroatoms. The van der Waals surface area contributed by atoms with Gasteiger partial charge in [0.05, 0.1) is 11.1 Å². The van der Waals surface area contributed by atoms with Gasteiger partial charge >= 0.3 is 0 Å². The molecular formula is C19H19IN4O. The van der Waals surface area contributed by atoms with E-state index in [1.165, 1.54) is 0 Å². The lowest BCUT2D eigenvalue weighted by Crippen LogP contribution is -2.39. The Kier molecular flexibility index (Phi) is 5.87. The van der Waals surface area contributed by atoms with Gasteiger partial charge in [-0.1, -0.05) is 12.1 Å². The average Bonchev–Trinajstić information content (AvgIpc) is 2.67. The van der Waals surface area contributed by atoms with E-state index in [0.29, 0.717) is 18.0 Å². The zero-order chi connectivity index (χ0) is 17.6. The minimum Gasteiger partial charge on any atom is -0.356 e. The van der Waals surface area contributed by atoms with Gasteiger partial charge in [-0.2, -0.15) is 5.26 Å². The van der Waals surface area contributed by atoms with E-state index < -0.39 is 0 Å². The van der Waals surface area contributed by atoms with Crippen LogP contribution in [0.4, 0.5) is 5.82 Å². The van der Waals surface area contributed by atoms with Crippen LogP contribution in [0.5, 0.6) is 0 Å². The number of halogens is 1. The van der Waals surface area contributed by atoms with Gasteiger partial charge in [0.15, 0.2) is 0 Å². The van der Waals surface area contributed by atoms with Crippen LogP contribution in [0.25, 0.3) is 0 Å². The van der Waals surface area contributed by atoms with Crippen LogP contribution in [0.1, 0.15) is 28.8 Å². The van der Waals surface area contributed by atoms with E-state index >= 15 is 0 Å². The molecule has 2 heterocycles. The summed E-state index contributed by atoms with van der Waals surface area (Å²) >= 11 is 2.18. The number of carbonyl (C=O) groups excluding carboxylic acids is 1. The molecule has 2 aromatic rings. The Bertz CT molecular complexity index is 794. The molecule has 3 rings (SSSR count). The largest absolute Gasteiger partial charge is 0.356 e. The summed E-state index contributed by atoms with van der Waals surface area (Å²) in [5.74, 6) is 1.21. The Labute approximate surface area is 161 Å². The number of pyridine rings is 1. The third-order valence-corrected chi connectivity index (χ3v) is 5.43. The molecule has 5 nitrogen and oxygen atoms in total. The molecule has 1 aromatic heterocycles. The number of aromatic nitrogens is 1. The van der Waals surface area contributed by atoms with Crippen LogP contribution in [-0.2, 0) is 0 Å². The van der Waals surface area contributed by atoms with E-state index in [4.69, 9.17) is 0 Å². The third kappa shape index (κ3) is 4.28. The van der Waals surface area contributed by atoms with Crippen molar-refractivity contribution < 1.29 is 4.79 Å². The van der Waals surface area contributed by atoms with Crippen molar-refractivity contribution in [3.63, 3.8) is 0 Å². The summed E-state index contributed by atoms with van der Waals surface area (Å²) in [5, 5.41) is 12.3. The standard InChI is InChI=1S/C19H19IN4O/c20-17-6-2-1-5-16(17)19(25)23-13-14-7-10-24(11-8-14)18-15(12-21)4-3-9-22-18/h1-6,9,14H,7-8,10-11,13H2,(H,23,25). The Morgan fingerprint density at radius 2 is 2.04 bits per heavy atom. The Balaban J connectivity index is 1.52. The van der Waals surface area contributed by atoms with Crippen LogP contribution in [0.2, 0.25) is 0 Å². The predicted molar refractivity (Wildman–Crippen MR) is 105 cm³/mol. The van der Waals surface area contributed by atoms with Crippen molar-refractivity contribution in [3.8, 4) is 6.07 Å². The Morgan fingerprint density at radius 1 is 1.28 bits per heavy atom. The molecule has 128 valence electrons. The maximum absolute atomic E-state index is 12.3. The van der Waals surface area contributed by atoms with Crippen LogP contribution in [-0.4, -0.2) is 30.5 Å². The molecular weight excluding hydrogens is 427 g/mol. The zero-order valence-electron chi connectivity index (χ0n) is 13.8. The molecule has 1 aliphatic rings. The lowest BCUT2D eigenvalue weighted by atomic mass is 9.96. The lowest BCUT2D eigenvalue weighted by Gasteiger charge is -2.33. The van der Waals surface area contributed by atoms with Gasteiger partial charge in [0.25, 0.3) is 5.91 Å². The van der Waals surface area contributed by atoms with Gasteiger partial charge in [0, 0.05) is 29.4 Å². The number of nitriles is 1. The summed E-state index contributed by atoms with van der Waals surface area (Å²) in [5.41, 5.74) is 1.35. The SMILES string of the molecule is N#Cc1cccnc1N1CCC(CNC(=O)c2ccccc2I)CC1. The molecule has 0 atom stereocenters. The van der Waals surface area contributed by atoms with Crippen molar-refractivity contribution in [1.29, 1.82) is 5.26 Å². The van der Waals surface area contributed by atoms with Crippen LogP contribution >= 0.6 is 22.6 Å². The van der Waals surface area contributed by atoms with E-state index in [2.05, 4.69) is 43.9 Å². The fourth-order valence-electron chi connectivity index (χ4n) is 3.06. The first-order chi connectivity index (χ1) is 12.2. The van der Waals surface area contributed by atoms with Crippen LogP contribution < -0.4 is 10.2 Å². The number of benzene rings is 1. The average molecular weight is 446 g/mol. The van der Waals surface area contributed by atoms with E-state index in [1.807, 2.05) is 24.3 Å². The van der Waals surface area contributed by atoms with Gasteiger partial charge in [0.2, 0.25) is 0 Å². The van der Waals surface area contributed by atoms with Crippen molar-refractivity contribution in [2.75, 3.05) is 24.5 Å². The monoisotopic (exact) mass is 446 g/mol. The second-order valence-corrected chi connectivity index (χ2v) is 7.27. The lowest BCUT2D eigenvalue weighted by molar-refractivity contribution is 0.0944. The maximum Gasteiger partial charge on any atom is 0.252 e. The zero-order valence-corrected chi connectivity index (χ0v) is 15.9. The maximum atomic E-state index is 12.3. The molecule has 0 saturated carbocycles. The fraction of sp³-hybridized carbons (Fsp3) is 0.316. The Hall–Kier alpha value is -2.14. The molecule has 1 fully saturated rings. The Morgan fingerprint density at radius 3 is 2.76 bits per heavy atom. The van der Waals surface area contributed by atoms with Crippen LogP contribution in [0.3, 0.4) is 0 Å². The molecule has 0 spiro atoms. The molecule has 1 N–H and O–H groups in total. The smallest absolute Gasteiger partial charge is 0.252 e. The quantitative estimate of drug-likeness (QED) is 0.733. The van der Waals surface area contributed by atoms with Crippen LogP contribution in [0.15, 0.2) is 42.6 Å².